The first-order valence-corrected chi connectivity index (χ1v) is 8.52. The predicted octanol–water partition coefficient (Wildman–Crippen LogP) is 1.73. The van der Waals surface area contributed by atoms with Gasteiger partial charge in [-0.15, -0.1) is 17.0 Å². The van der Waals surface area contributed by atoms with E-state index in [1.165, 1.54) is 0 Å². The molecule has 134 valence electrons. The maximum Gasteiger partial charge on any atom is 0.168 e. The number of benzene rings is 1. The van der Waals surface area contributed by atoms with Crippen LogP contribution in [0, 0.1) is 5.92 Å². The Balaban J connectivity index is 0.00000208. The van der Waals surface area contributed by atoms with Gasteiger partial charge in [0.2, 0.25) is 0 Å². The summed E-state index contributed by atoms with van der Waals surface area (Å²) in [7, 11) is 0. The van der Waals surface area contributed by atoms with E-state index in [2.05, 4.69) is 9.80 Å². The van der Waals surface area contributed by atoms with Crippen LogP contribution >= 0.6 is 17.0 Å². The quantitative estimate of drug-likeness (QED) is 0.682. The topological polar surface area (TPSA) is 42.0 Å². The minimum absolute atomic E-state index is 0. The molecule has 1 aromatic rings. The molecular weight excluding hydrogens is 372 g/mol. The summed E-state index contributed by atoms with van der Waals surface area (Å²) in [5, 5.41) is 0. The van der Waals surface area contributed by atoms with Crippen LogP contribution in [-0.4, -0.2) is 81.3 Å². The van der Waals surface area contributed by atoms with Crippen LogP contribution in [0.4, 0.5) is 0 Å². The molecule has 3 rings (SSSR count). The maximum atomic E-state index is 13.0. The Morgan fingerprint density at radius 1 is 0.875 bits per heavy atom. The van der Waals surface area contributed by atoms with Gasteiger partial charge in [-0.05, 0) is 0 Å². The van der Waals surface area contributed by atoms with Crippen molar-refractivity contribution in [3.8, 4) is 0 Å². The van der Waals surface area contributed by atoms with Gasteiger partial charge in [0.25, 0.3) is 0 Å². The molecule has 2 aliphatic rings. The molecule has 0 aliphatic carbocycles. The second-order valence-corrected chi connectivity index (χ2v) is 6.25. The van der Waals surface area contributed by atoms with Gasteiger partial charge in [-0.1, -0.05) is 30.3 Å². The standard InChI is InChI=1S/C18H26N2O3.BrH/c21-18(16-4-2-1-3-5-16)17(14-19-6-10-22-11-7-19)15-20-8-12-23-13-9-20;/h1-5,17H,6-15H2;1H. The zero-order valence-corrected chi connectivity index (χ0v) is 15.8. The van der Waals surface area contributed by atoms with Crippen LogP contribution in [-0.2, 0) is 9.47 Å². The van der Waals surface area contributed by atoms with Crippen LogP contribution in [0.1, 0.15) is 10.4 Å². The van der Waals surface area contributed by atoms with Crippen molar-refractivity contribution >= 4 is 22.8 Å². The Labute approximate surface area is 154 Å². The third kappa shape index (κ3) is 5.63. The van der Waals surface area contributed by atoms with Gasteiger partial charge in [0.15, 0.2) is 5.78 Å². The van der Waals surface area contributed by atoms with E-state index in [4.69, 9.17) is 9.47 Å². The van der Waals surface area contributed by atoms with Crippen molar-refractivity contribution < 1.29 is 14.3 Å². The molecule has 2 fully saturated rings. The summed E-state index contributed by atoms with van der Waals surface area (Å²) in [6, 6.07) is 9.68. The van der Waals surface area contributed by atoms with Gasteiger partial charge in [-0.3, -0.25) is 14.6 Å². The van der Waals surface area contributed by atoms with Gasteiger partial charge in [0, 0.05) is 50.7 Å². The highest BCUT2D eigenvalue weighted by Crippen LogP contribution is 2.14. The van der Waals surface area contributed by atoms with Gasteiger partial charge < -0.3 is 9.47 Å². The lowest BCUT2D eigenvalue weighted by atomic mass is 9.96. The van der Waals surface area contributed by atoms with E-state index in [1.807, 2.05) is 30.3 Å². The van der Waals surface area contributed by atoms with E-state index in [1.54, 1.807) is 0 Å². The first-order chi connectivity index (χ1) is 11.3. The number of rotatable bonds is 6. The monoisotopic (exact) mass is 398 g/mol. The van der Waals surface area contributed by atoms with E-state index in [9.17, 15) is 4.79 Å². The van der Waals surface area contributed by atoms with Gasteiger partial charge in [0.05, 0.1) is 26.4 Å². The molecule has 24 heavy (non-hydrogen) atoms. The summed E-state index contributed by atoms with van der Waals surface area (Å²) >= 11 is 0. The maximum absolute atomic E-state index is 13.0. The average Bonchev–Trinajstić information content (AvgIpc) is 2.63. The summed E-state index contributed by atoms with van der Waals surface area (Å²) in [4.78, 5) is 17.7. The van der Waals surface area contributed by atoms with Crippen molar-refractivity contribution in [1.29, 1.82) is 0 Å². The second kappa shape index (κ2) is 10.3. The van der Waals surface area contributed by atoms with Crippen LogP contribution in [0.5, 0.6) is 0 Å². The molecule has 0 unspecified atom stereocenters. The Kier molecular flexibility index (Phi) is 8.35. The molecule has 5 nitrogen and oxygen atoms in total. The predicted molar refractivity (Wildman–Crippen MR) is 99.1 cm³/mol. The van der Waals surface area contributed by atoms with E-state index >= 15 is 0 Å². The number of nitrogens with zero attached hydrogens (tertiary/aromatic N) is 2. The highest BCUT2D eigenvalue weighted by Gasteiger charge is 2.26. The lowest BCUT2D eigenvalue weighted by Gasteiger charge is -2.34. The van der Waals surface area contributed by atoms with Crippen molar-refractivity contribution in [2.45, 2.75) is 0 Å². The lowest BCUT2D eigenvalue weighted by molar-refractivity contribution is 0.0130. The number of hydrogen-bond donors (Lipinski definition) is 0. The van der Waals surface area contributed by atoms with Crippen LogP contribution < -0.4 is 0 Å². The first kappa shape index (κ1) is 19.5. The van der Waals surface area contributed by atoms with Crippen molar-refractivity contribution in [1.82, 2.24) is 9.80 Å². The number of carbonyl (C=O) groups excluding carboxylic acids is 1. The number of hydrogen-bond acceptors (Lipinski definition) is 5. The van der Waals surface area contributed by atoms with Crippen molar-refractivity contribution in [2.75, 3.05) is 65.7 Å². The Morgan fingerprint density at radius 3 is 1.79 bits per heavy atom. The number of morpholine rings is 2. The summed E-state index contributed by atoms with van der Waals surface area (Å²) in [5.41, 5.74) is 0.819. The minimum atomic E-state index is 0. The van der Waals surface area contributed by atoms with Gasteiger partial charge in [0.1, 0.15) is 0 Å². The first-order valence-electron chi connectivity index (χ1n) is 8.52. The molecule has 2 heterocycles. The van der Waals surface area contributed by atoms with E-state index < -0.39 is 0 Å². The third-order valence-electron chi connectivity index (χ3n) is 4.59. The molecule has 0 saturated carbocycles. The Hall–Kier alpha value is -0.790. The van der Waals surface area contributed by atoms with Crippen LogP contribution in [0.15, 0.2) is 30.3 Å². The lowest BCUT2D eigenvalue weighted by Crippen LogP contribution is -2.47. The van der Waals surface area contributed by atoms with Gasteiger partial charge in [-0.25, -0.2) is 0 Å². The second-order valence-electron chi connectivity index (χ2n) is 6.25. The van der Waals surface area contributed by atoms with Crippen LogP contribution in [0.2, 0.25) is 0 Å². The summed E-state index contributed by atoms with van der Waals surface area (Å²) < 4.78 is 10.8. The molecule has 0 spiro atoms. The molecule has 0 bridgehead atoms. The van der Waals surface area contributed by atoms with Crippen molar-refractivity contribution in [3.63, 3.8) is 0 Å². The zero-order valence-electron chi connectivity index (χ0n) is 14.1. The molecule has 1 aromatic carbocycles. The molecular formula is C18H27BrN2O3. The summed E-state index contributed by atoms with van der Waals surface area (Å²) in [6.45, 7) is 8.37. The average molecular weight is 399 g/mol. The SMILES string of the molecule is Br.O=C(c1ccccc1)C(CN1CCOCC1)CN1CCOCC1. The van der Waals surface area contributed by atoms with Crippen molar-refractivity contribution in [3.05, 3.63) is 35.9 Å². The summed E-state index contributed by atoms with van der Waals surface area (Å²) in [6.07, 6.45) is 0. The highest BCUT2D eigenvalue weighted by molar-refractivity contribution is 8.93. The third-order valence-corrected chi connectivity index (χ3v) is 4.59. The van der Waals surface area contributed by atoms with Crippen molar-refractivity contribution in [2.24, 2.45) is 5.92 Å². The Morgan fingerprint density at radius 2 is 1.33 bits per heavy atom. The fourth-order valence-electron chi connectivity index (χ4n) is 3.25. The fourth-order valence-corrected chi connectivity index (χ4v) is 3.25. The number of ketones is 1. The Bertz CT molecular complexity index is 468. The van der Waals surface area contributed by atoms with E-state index in [0.717, 1.165) is 71.3 Å². The number of ether oxygens (including phenoxy) is 2. The van der Waals surface area contributed by atoms with Gasteiger partial charge in [-0.2, -0.15) is 0 Å². The molecule has 0 aromatic heterocycles. The van der Waals surface area contributed by atoms with E-state index in [-0.39, 0.29) is 28.7 Å². The van der Waals surface area contributed by atoms with Crippen LogP contribution in [0.25, 0.3) is 0 Å². The highest BCUT2D eigenvalue weighted by atomic mass is 79.9. The number of Topliss-reactive ketones (excluding diaryl/α,β-unsaturated/α-hetero) is 1. The molecule has 0 amide bonds. The molecule has 0 atom stereocenters. The smallest absolute Gasteiger partial charge is 0.168 e. The van der Waals surface area contributed by atoms with E-state index in [0.29, 0.717) is 0 Å². The number of halogens is 1. The van der Waals surface area contributed by atoms with Crippen LogP contribution in [0.3, 0.4) is 0 Å². The molecule has 0 radical (unpaired) electrons. The number of carbonyl (C=O) groups is 1. The fraction of sp³-hybridized carbons (Fsp3) is 0.611. The minimum Gasteiger partial charge on any atom is -0.379 e. The molecule has 2 aliphatic heterocycles. The molecule has 2 saturated heterocycles. The molecule has 0 N–H and O–H groups in total. The van der Waals surface area contributed by atoms with Gasteiger partial charge >= 0.3 is 0 Å². The molecule has 6 heteroatoms. The summed E-state index contributed by atoms with van der Waals surface area (Å²) in [5.74, 6) is 0.261. The normalized spacial score (nSPS) is 19.9. The largest absolute Gasteiger partial charge is 0.379 e. The zero-order chi connectivity index (χ0) is 15.9.